The van der Waals surface area contributed by atoms with Crippen molar-refractivity contribution in [1.82, 2.24) is 14.5 Å². The number of hydrogen-bond acceptors (Lipinski definition) is 3. The molecule has 0 amide bonds. The van der Waals surface area contributed by atoms with Crippen LogP contribution < -0.4 is 0 Å². The molecule has 0 saturated carbocycles. The van der Waals surface area contributed by atoms with E-state index in [-0.39, 0.29) is 6.04 Å². The van der Waals surface area contributed by atoms with Crippen molar-refractivity contribution >= 4 is 6.29 Å². The van der Waals surface area contributed by atoms with Crippen LogP contribution in [0.1, 0.15) is 12.8 Å². The number of imidazole rings is 1. The molecule has 0 bridgehead atoms. The molecule has 4 heteroatoms. The molecule has 1 rings (SSSR count). The number of hydrogen-bond donors (Lipinski definition) is 0. The Kier molecular flexibility index (Phi) is 4.32. The highest BCUT2D eigenvalue weighted by Gasteiger charge is 2.08. The SMILES string of the molecule is CN(C)C(C=O)CCCn1ccnc1. The molecule has 0 N–H and O–H groups in total. The summed E-state index contributed by atoms with van der Waals surface area (Å²) in [6.45, 7) is 0.929. The summed E-state index contributed by atoms with van der Waals surface area (Å²) in [4.78, 5) is 16.6. The minimum atomic E-state index is 0.0403. The zero-order chi connectivity index (χ0) is 10.4. The molecule has 0 aliphatic carbocycles. The van der Waals surface area contributed by atoms with E-state index >= 15 is 0 Å². The van der Waals surface area contributed by atoms with Gasteiger partial charge in [-0.3, -0.25) is 4.90 Å². The number of aromatic nitrogens is 2. The van der Waals surface area contributed by atoms with Gasteiger partial charge < -0.3 is 9.36 Å². The van der Waals surface area contributed by atoms with Crippen LogP contribution in [0.3, 0.4) is 0 Å². The fraction of sp³-hybridized carbons (Fsp3) is 0.600. The molecule has 1 aromatic rings. The fourth-order valence-corrected chi connectivity index (χ4v) is 1.35. The van der Waals surface area contributed by atoms with Crippen LogP contribution in [0.5, 0.6) is 0 Å². The zero-order valence-corrected chi connectivity index (χ0v) is 8.76. The van der Waals surface area contributed by atoms with Gasteiger partial charge in [0.25, 0.3) is 0 Å². The molecule has 78 valence electrons. The minimum absolute atomic E-state index is 0.0403. The maximum Gasteiger partial charge on any atom is 0.137 e. The van der Waals surface area contributed by atoms with Crippen LogP contribution >= 0.6 is 0 Å². The summed E-state index contributed by atoms with van der Waals surface area (Å²) in [6, 6.07) is 0.0403. The molecule has 0 aliphatic heterocycles. The highest BCUT2D eigenvalue weighted by molar-refractivity contribution is 5.57. The highest BCUT2D eigenvalue weighted by Crippen LogP contribution is 2.02. The van der Waals surface area contributed by atoms with Gasteiger partial charge in [0, 0.05) is 18.9 Å². The summed E-state index contributed by atoms with van der Waals surface area (Å²) >= 11 is 0. The Hall–Kier alpha value is -1.16. The van der Waals surface area contributed by atoms with E-state index in [1.807, 2.05) is 29.8 Å². The van der Waals surface area contributed by atoms with E-state index in [4.69, 9.17) is 0 Å². The summed E-state index contributed by atoms with van der Waals surface area (Å²) in [7, 11) is 3.85. The Morgan fingerprint density at radius 1 is 1.57 bits per heavy atom. The summed E-state index contributed by atoms with van der Waals surface area (Å²) in [5.41, 5.74) is 0. The first-order chi connectivity index (χ1) is 6.74. The molecule has 4 nitrogen and oxygen atoms in total. The highest BCUT2D eigenvalue weighted by atomic mass is 16.1. The number of aryl methyl sites for hydroxylation is 1. The van der Waals surface area contributed by atoms with Gasteiger partial charge in [0.05, 0.1) is 12.4 Å². The van der Waals surface area contributed by atoms with Gasteiger partial charge >= 0.3 is 0 Å². The summed E-state index contributed by atoms with van der Waals surface area (Å²) in [5.74, 6) is 0. The minimum Gasteiger partial charge on any atom is -0.337 e. The van der Waals surface area contributed by atoms with Gasteiger partial charge in [-0.2, -0.15) is 0 Å². The maximum atomic E-state index is 10.7. The number of rotatable bonds is 6. The van der Waals surface area contributed by atoms with Crippen molar-refractivity contribution < 1.29 is 4.79 Å². The van der Waals surface area contributed by atoms with Crippen molar-refractivity contribution in [3.8, 4) is 0 Å². The lowest BCUT2D eigenvalue weighted by Gasteiger charge is -2.17. The number of carbonyl (C=O) groups is 1. The predicted molar refractivity (Wildman–Crippen MR) is 55.0 cm³/mol. The molecule has 0 radical (unpaired) electrons. The van der Waals surface area contributed by atoms with Crippen molar-refractivity contribution in [3.63, 3.8) is 0 Å². The van der Waals surface area contributed by atoms with Gasteiger partial charge in [0.2, 0.25) is 0 Å². The van der Waals surface area contributed by atoms with E-state index in [1.165, 1.54) is 0 Å². The molecule has 0 aromatic carbocycles. The van der Waals surface area contributed by atoms with E-state index < -0.39 is 0 Å². The van der Waals surface area contributed by atoms with Crippen LogP contribution in [-0.2, 0) is 11.3 Å². The van der Waals surface area contributed by atoms with Gasteiger partial charge in [-0.05, 0) is 26.9 Å². The monoisotopic (exact) mass is 195 g/mol. The fourth-order valence-electron chi connectivity index (χ4n) is 1.35. The van der Waals surface area contributed by atoms with E-state index in [1.54, 1.807) is 12.5 Å². The first kappa shape index (κ1) is 10.9. The molecule has 0 fully saturated rings. The van der Waals surface area contributed by atoms with Gasteiger partial charge in [-0.15, -0.1) is 0 Å². The standard InChI is InChI=1S/C10H17N3O/c1-12(2)10(8-14)4-3-6-13-7-5-11-9-13/h5,7-10H,3-4,6H2,1-2H3. The van der Waals surface area contributed by atoms with Gasteiger partial charge in [-0.1, -0.05) is 0 Å². The second-order valence-corrected chi connectivity index (χ2v) is 3.61. The molecule has 0 saturated heterocycles. The number of carbonyl (C=O) groups excluding carboxylic acids is 1. The second-order valence-electron chi connectivity index (χ2n) is 3.61. The lowest BCUT2D eigenvalue weighted by atomic mass is 10.1. The molecule has 1 aromatic heterocycles. The number of likely N-dealkylation sites (N-methyl/N-ethyl adjacent to an activating group) is 1. The van der Waals surface area contributed by atoms with Crippen molar-refractivity contribution in [1.29, 1.82) is 0 Å². The van der Waals surface area contributed by atoms with Crippen LogP contribution in [0.4, 0.5) is 0 Å². The Morgan fingerprint density at radius 2 is 2.36 bits per heavy atom. The Morgan fingerprint density at radius 3 is 2.86 bits per heavy atom. The topological polar surface area (TPSA) is 38.1 Å². The van der Waals surface area contributed by atoms with Crippen LogP contribution in [0, 0.1) is 0 Å². The number of aldehydes is 1. The van der Waals surface area contributed by atoms with E-state index in [9.17, 15) is 4.79 Å². The van der Waals surface area contributed by atoms with Crippen molar-refractivity contribution in [2.24, 2.45) is 0 Å². The quantitative estimate of drug-likeness (QED) is 0.630. The molecular formula is C10H17N3O. The van der Waals surface area contributed by atoms with Crippen molar-refractivity contribution in [3.05, 3.63) is 18.7 Å². The molecule has 0 aliphatic rings. The first-order valence-corrected chi connectivity index (χ1v) is 4.81. The molecule has 1 heterocycles. The van der Waals surface area contributed by atoms with Gasteiger partial charge in [0.1, 0.15) is 6.29 Å². The van der Waals surface area contributed by atoms with E-state index in [0.717, 1.165) is 25.7 Å². The third-order valence-corrected chi connectivity index (χ3v) is 2.30. The second kappa shape index (κ2) is 5.54. The third kappa shape index (κ3) is 3.30. The lowest BCUT2D eigenvalue weighted by molar-refractivity contribution is -0.111. The molecular weight excluding hydrogens is 178 g/mol. The van der Waals surface area contributed by atoms with Crippen molar-refractivity contribution in [2.45, 2.75) is 25.4 Å². The van der Waals surface area contributed by atoms with Crippen LogP contribution in [0.2, 0.25) is 0 Å². The normalized spacial score (nSPS) is 13.1. The van der Waals surface area contributed by atoms with E-state index in [2.05, 4.69) is 4.98 Å². The lowest BCUT2D eigenvalue weighted by Crippen LogP contribution is -2.29. The Labute approximate surface area is 84.5 Å². The summed E-state index contributed by atoms with van der Waals surface area (Å²) < 4.78 is 2.03. The summed E-state index contributed by atoms with van der Waals surface area (Å²) in [5, 5.41) is 0. The van der Waals surface area contributed by atoms with Gasteiger partial charge in [0.15, 0.2) is 0 Å². The largest absolute Gasteiger partial charge is 0.337 e. The molecule has 1 unspecified atom stereocenters. The Bertz CT molecular complexity index is 256. The van der Waals surface area contributed by atoms with Crippen LogP contribution in [0.25, 0.3) is 0 Å². The smallest absolute Gasteiger partial charge is 0.137 e. The summed E-state index contributed by atoms with van der Waals surface area (Å²) in [6.07, 6.45) is 8.40. The zero-order valence-electron chi connectivity index (χ0n) is 8.76. The third-order valence-electron chi connectivity index (χ3n) is 2.30. The maximum absolute atomic E-state index is 10.7. The van der Waals surface area contributed by atoms with Crippen LogP contribution in [-0.4, -0.2) is 40.9 Å². The van der Waals surface area contributed by atoms with Gasteiger partial charge in [-0.25, -0.2) is 4.98 Å². The van der Waals surface area contributed by atoms with Crippen molar-refractivity contribution in [2.75, 3.05) is 14.1 Å². The van der Waals surface area contributed by atoms with Crippen LogP contribution in [0.15, 0.2) is 18.7 Å². The molecule has 14 heavy (non-hydrogen) atoms. The Balaban J connectivity index is 2.23. The first-order valence-electron chi connectivity index (χ1n) is 4.81. The molecule has 0 spiro atoms. The average Bonchev–Trinajstić information content (AvgIpc) is 2.64. The number of nitrogens with zero attached hydrogens (tertiary/aromatic N) is 3. The van der Waals surface area contributed by atoms with E-state index in [0.29, 0.717) is 0 Å². The predicted octanol–water partition coefficient (Wildman–Crippen LogP) is 0.792. The molecule has 1 atom stereocenters. The average molecular weight is 195 g/mol.